The number of hydrogen-bond donors (Lipinski definition) is 0. The maximum Gasteiger partial charge on any atom is -0.172 e. The van der Waals surface area contributed by atoms with E-state index in [0.717, 1.165) is 0 Å². The Morgan fingerprint density at radius 1 is 1.38 bits per heavy atom. The SMILES string of the molecule is O=[C]=[Co].c1cc[cH-]c1. The van der Waals surface area contributed by atoms with Crippen molar-refractivity contribution < 1.29 is 20.1 Å². The van der Waals surface area contributed by atoms with Gasteiger partial charge in [-0.05, 0) is 0 Å². The summed E-state index contributed by atoms with van der Waals surface area (Å²) in [5, 5.41) is 0. The van der Waals surface area contributed by atoms with Crippen molar-refractivity contribution in [3.8, 4) is 0 Å². The second-order valence-corrected chi connectivity index (χ2v) is 1.24. The van der Waals surface area contributed by atoms with Crippen LogP contribution in [0.15, 0.2) is 30.3 Å². The van der Waals surface area contributed by atoms with Gasteiger partial charge in [0, 0.05) is 0 Å². The van der Waals surface area contributed by atoms with E-state index in [-0.39, 0.29) is 0 Å². The summed E-state index contributed by atoms with van der Waals surface area (Å²) >= 11 is 3.02. The molecule has 0 N–H and O–H groups in total. The van der Waals surface area contributed by atoms with Gasteiger partial charge in [-0.15, -0.1) is 0 Å². The summed E-state index contributed by atoms with van der Waals surface area (Å²) in [5.41, 5.74) is 0. The molecule has 0 aliphatic rings. The van der Waals surface area contributed by atoms with E-state index in [1.54, 1.807) is 0 Å². The molecule has 2 heteroatoms. The molecule has 0 fully saturated rings. The van der Waals surface area contributed by atoms with Crippen LogP contribution in [-0.2, 0) is 20.1 Å². The van der Waals surface area contributed by atoms with Crippen LogP contribution in [-0.4, -0.2) is 4.82 Å². The Balaban J connectivity index is 0.000000145. The smallest absolute Gasteiger partial charge is 0.172 e. The van der Waals surface area contributed by atoms with Crippen molar-refractivity contribution in [1.29, 1.82) is 0 Å². The van der Waals surface area contributed by atoms with Crippen molar-refractivity contribution in [1.82, 2.24) is 0 Å². The van der Waals surface area contributed by atoms with Crippen LogP contribution in [0.3, 0.4) is 0 Å². The first-order valence-corrected chi connectivity index (χ1v) is 2.56. The second kappa shape index (κ2) is 6.44. The molecule has 0 saturated carbocycles. The quantitative estimate of drug-likeness (QED) is 0.507. The van der Waals surface area contributed by atoms with Crippen molar-refractivity contribution in [2.75, 3.05) is 0 Å². The Morgan fingerprint density at radius 3 is 1.88 bits per heavy atom. The van der Waals surface area contributed by atoms with Gasteiger partial charge in [0.25, 0.3) is 0 Å². The van der Waals surface area contributed by atoms with Gasteiger partial charge >= 0.3 is 24.9 Å². The van der Waals surface area contributed by atoms with Gasteiger partial charge in [-0.3, -0.25) is 0 Å². The van der Waals surface area contributed by atoms with Gasteiger partial charge in [-0.2, -0.15) is 18.2 Å². The molecule has 0 saturated heterocycles. The fourth-order valence-corrected chi connectivity index (χ4v) is 0.321. The van der Waals surface area contributed by atoms with Crippen molar-refractivity contribution in [2.45, 2.75) is 0 Å². The van der Waals surface area contributed by atoms with Crippen LogP contribution in [0.25, 0.3) is 0 Å². The van der Waals surface area contributed by atoms with E-state index in [0.29, 0.717) is 0 Å². The zero-order valence-corrected chi connectivity index (χ0v) is 5.17. The predicted octanol–water partition coefficient (Wildman–Crippen LogP) is 1.01. The summed E-state index contributed by atoms with van der Waals surface area (Å²) in [7, 11) is 0. The van der Waals surface area contributed by atoms with Crippen LogP contribution in [0.2, 0.25) is 0 Å². The molecule has 8 heavy (non-hydrogen) atoms. The molecule has 0 aliphatic carbocycles. The fraction of sp³-hybridized carbons (Fsp3) is 0. The first-order chi connectivity index (χ1) is 3.91. The van der Waals surface area contributed by atoms with E-state index < -0.39 is 0 Å². The van der Waals surface area contributed by atoms with Crippen LogP contribution in [0.1, 0.15) is 0 Å². The summed E-state index contributed by atoms with van der Waals surface area (Å²) in [6.07, 6.45) is 0. The molecule has 0 spiro atoms. The van der Waals surface area contributed by atoms with Gasteiger partial charge in [0.1, 0.15) is 0 Å². The van der Waals surface area contributed by atoms with E-state index in [4.69, 9.17) is 4.79 Å². The van der Waals surface area contributed by atoms with Crippen LogP contribution < -0.4 is 0 Å². The minimum atomic E-state index is 1.19. The summed E-state index contributed by atoms with van der Waals surface area (Å²) in [6, 6.07) is 10.0. The molecular weight excluding hydrogens is 147 g/mol. The third-order valence-corrected chi connectivity index (χ3v) is 0.556. The summed E-state index contributed by atoms with van der Waals surface area (Å²) in [6.45, 7) is 0. The fourth-order valence-electron chi connectivity index (χ4n) is 0.321. The molecule has 0 aliphatic heterocycles. The average Bonchev–Trinajstić information content (AvgIpc) is 2.17. The minimum Gasteiger partial charge on any atom is -0.214 e. The standard InChI is InChI=1S/C5H5.CO.Co/c1-2-4-5-3-1;1-2;/h1-5H;;/q-1;;. The molecule has 0 bridgehead atoms. The van der Waals surface area contributed by atoms with Crippen LogP contribution in [0.5, 0.6) is 0 Å². The molecule has 0 radical (unpaired) electrons. The Hall–Kier alpha value is -0.564. The van der Waals surface area contributed by atoms with Gasteiger partial charge in [0.05, 0.1) is 0 Å². The van der Waals surface area contributed by atoms with Gasteiger partial charge in [0.15, 0.2) is 0 Å². The Labute approximate surface area is 55.8 Å². The van der Waals surface area contributed by atoms with Gasteiger partial charge in [-0.1, -0.05) is 0 Å². The third kappa shape index (κ3) is 5.44. The molecule has 0 heterocycles. The van der Waals surface area contributed by atoms with Gasteiger partial charge in [-0.25, -0.2) is 12.1 Å². The zero-order chi connectivity index (χ0) is 6.24. The molecule has 0 amide bonds. The number of rotatable bonds is 0. The summed E-state index contributed by atoms with van der Waals surface area (Å²) in [4.78, 5) is 9.73. The van der Waals surface area contributed by atoms with Crippen LogP contribution in [0.4, 0.5) is 0 Å². The van der Waals surface area contributed by atoms with Crippen molar-refractivity contribution in [3.05, 3.63) is 30.3 Å². The second-order valence-electron chi connectivity index (χ2n) is 1.03. The molecule has 1 nitrogen and oxygen atoms in total. The Kier molecular flexibility index (Phi) is 5.98. The number of hydrogen-bond acceptors (Lipinski definition) is 1. The molecule has 0 aromatic heterocycles. The van der Waals surface area contributed by atoms with Crippen LogP contribution in [0, 0.1) is 0 Å². The van der Waals surface area contributed by atoms with Crippen molar-refractivity contribution in [3.63, 3.8) is 0 Å². The summed E-state index contributed by atoms with van der Waals surface area (Å²) in [5.74, 6) is 0. The third-order valence-electron chi connectivity index (χ3n) is 0.556. The first kappa shape index (κ1) is 7.44. The molecular formula is C6H5CoO-. The van der Waals surface area contributed by atoms with E-state index >= 15 is 0 Å². The van der Waals surface area contributed by atoms with Crippen LogP contribution >= 0.6 is 0 Å². The zero-order valence-electron chi connectivity index (χ0n) is 4.13. The number of carbonyl (C=O) groups excluding carboxylic acids is 1. The normalized spacial score (nSPS) is 6.12. The average molecular weight is 152 g/mol. The predicted molar refractivity (Wildman–Crippen MR) is 27.7 cm³/mol. The van der Waals surface area contributed by atoms with E-state index in [2.05, 4.69) is 15.3 Å². The molecule has 0 atom stereocenters. The maximum atomic E-state index is 8.54. The van der Waals surface area contributed by atoms with Crippen molar-refractivity contribution in [2.24, 2.45) is 0 Å². The van der Waals surface area contributed by atoms with E-state index in [9.17, 15) is 0 Å². The molecule has 1 rings (SSSR count). The summed E-state index contributed by atoms with van der Waals surface area (Å²) < 4.78 is 0. The first-order valence-electron chi connectivity index (χ1n) is 2.04. The van der Waals surface area contributed by atoms with Gasteiger partial charge < -0.3 is 0 Å². The minimum absolute atomic E-state index is 1.19. The molecule has 0 unspecified atom stereocenters. The molecule has 45 valence electrons. The maximum absolute atomic E-state index is 8.54. The Bertz CT molecular complexity index is 120. The molecule has 1 aromatic rings. The Morgan fingerprint density at radius 2 is 1.75 bits per heavy atom. The topological polar surface area (TPSA) is 17.1 Å². The monoisotopic (exact) mass is 152 g/mol. The van der Waals surface area contributed by atoms with Gasteiger partial charge in [0.2, 0.25) is 0 Å². The largest absolute Gasteiger partial charge is 0.214 e. The molecule has 1 aromatic carbocycles. The van der Waals surface area contributed by atoms with E-state index in [1.807, 2.05) is 30.3 Å². The van der Waals surface area contributed by atoms with E-state index in [1.165, 1.54) is 4.82 Å². The van der Waals surface area contributed by atoms with Crippen molar-refractivity contribution >= 4 is 4.82 Å².